The Morgan fingerprint density at radius 2 is 2.11 bits per heavy atom. The Bertz CT molecular complexity index is 459. The van der Waals surface area contributed by atoms with Crippen molar-refractivity contribution in [3.8, 4) is 11.5 Å². The van der Waals surface area contributed by atoms with E-state index in [0.717, 1.165) is 25.7 Å². The number of halogens is 2. The molecule has 0 unspecified atom stereocenters. The van der Waals surface area contributed by atoms with E-state index in [-0.39, 0.29) is 22.7 Å². The van der Waals surface area contributed by atoms with E-state index in [2.05, 4.69) is 15.9 Å². The molecule has 2 rings (SSSR count). The van der Waals surface area contributed by atoms with E-state index in [1.807, 2.05) is 0 Å². The Kier molecular flexibility index (Phi) is 3.82. The average Bonchev–Trinajstić information content (AvgIpc) is 2.83. The van der Waals surface area contributed by atoms with Crippen molar-refractivity contribution in [2.45, 2.75) is 31.1 Å². The number of aromatic hydroxyl groups is 1. The maximum Gasteiger partial charge on any atom is 0.172 e. The lowest BCUT2D eigenvalue weighted by Gasteiger charge is -2.30. The first-order chi connectivity index (χ1) is 8.55. The molecule has 0 bridgehead atoms. The number of hydrogen-bond acceptors (Lipinski definition) is 3. The van der Waals surface area contributed by atoms with E-state index in [0.29, 0.717) is 16.6 Å². The minimum Gasteiger partial charge on any atom is -0.503 e. The van der Waals surface area contributed by atoms with Gasteiger partial charge in [-0.3, -0.25) is 0 Å². The smallest absolute Gasteiger partial charge is 0.172 e. The fourth-order valence-corrected chi connectivity index (χ4v) is 3.64. The van der Waals surface area contributed by atoms with Crippen molar-refractivity contribution in [3.63, 3.8) is 0 Å². The summed E-state index contributed by atoms with van der Waals surface area (Å²) in [4.78, 5) is 0. The van der Waals surface area contributed by atoms with Crippen LogP contribution < -0.4 is 10.5 Å². The number of ether oxygens (including phenoxy) is 1. The van der Waals surface area contributed by atoms with Gasteiger partial charge < -0.3 is 15.6 Å². The Morgan fingerprint density at radius 3 is 2.61 bits per heavy atom. The van der Waals surface area contributed by atoms with E-state index < -0.39 is 0 Å². The molecular formula is C13H17BrFNO2. The van der Waals surface area contributed by atoms with E-state index >= 15 is 0 Å². The monoisotopic (exact) mass is 317 g/mol. The molecule has 3 N–H and O–H groups in total. The number of phenolic OH excluding ortho intramolecular Hbond substituents is 1. The fourth-order valence-electron chi connectivity index (χ4n) is 2.84. The van der Waals surface area contributed by atoms with Crippen LogP contribution in [0.5, 0.6) is 11.5 Å². The summed E-state index contributed by atoms with van der Waals surface area (Å²) in [6.45, 7) is 0.383. The van der Waals surface area contributed by atoms with Crippen molar-refractivity contribution in [2.24, 2.45) is 5.73 Å². The first-order valence-corrected chi connectivity index (χ1v) is 6.80. The first-order valence-electron chi connectivity index (χ1n) is 6.01. The summed E-state index contributed by atoms with van der Waals surface area (Å²) in [5.74, 6) is -0.300. The minimum absolute atomic E-state index is 0.0615. The Hall–Kier alpha value is -0.810. The highest BCUT2D eigenvalue weighted by Crippen LogP contribution is 2.49. The summed E-state index contributed by atoms with van der Waals surface area (Å²) < 4.78 is 19.6. The van der Waals surface area contributed by atoms with Gasteiger partial charge in [0.05, 0.1) is 11.6 Å². The Morgan fingerprint density at radius 1 is 1.50 bits per heavy atom. The number of rotatable bonds is 3. The van der Waals surface area contributed by atoms with Crippen LogP contribution in [-0.4, -0.2) is 18.8 Å². The molecule has 3 nitrogen and oxygen atoms in total. The summed E-state index contributed by atoms with van der Waals surface area (Å²) in [6, 6.07) is 1.23. The molecule has 1 fully saturated rings. The van der Waals surface area contributed by atoms with E-state index in [4.69, 9.17) is 10.5 Å². The van der Waals surface area contributed by atoms with Crippen LogP contribution in [-0.2, 0) is 5.41 Å². The van der Waals surface area contributed by atoms with Crippen molar-refractivity contribution in [1.82, 2.24) is 0 Å². The number of nitrogens with two attached hydrogens (primary N) is 1. The normalized spacial score (nSPS) is 18.0. The van der Waals surface area contributed by atoms with Crippen LogP contribution in [0.25, 0.3) is 0 Å². The number of phenols is 1. The zero-order chi connectivity index (χ0) is 13.3. The summed E-state index contributed by atoms with van der Waals surface area (Å²) in [6.07, 6.45) is 3.78. The van der Waals surface area contributed by atoms with Gasteiger partial charge in [-0.1, -0.05) is 12.8 Å². The molecule has 1 saturated carbocycles. The summed E-state index contributed by atoms with van der Waals surface area (Å²) >= 11 is 3.28. The highest BCUT2D eigenvalue weighted by Gasteiger charge is 2.39. The third-order valence-electron chi connectivity index (χ3n) is 3.86. The van der Waals surface area contributed by atoms with Crippen molar-refractivity contribution >= 4 is 15.9 Å². The van der Waals surface area contributed by atoms with Crippen LogP contribution in [0.2, 0.25) is 0 Å². The standard InChI is InChI=1S/C13H17BrFNO2/c1-18-9-6-8(15)10(11(14)12(9)17)13(7-16)4-2-3-5-13/h6,17H,2-5,7,16H2,1H3. The third kappa shape index (κ3) is 1.99. The predicted molar refractivity (Wildman–Crippen MR) is 71.5 cm³/mol. The lowest BCUT2D eigenvalue weighted by molar-refractivity contribution is 0.359. The highest BCUT2D eigenvalue weighted by atomic mass is 79.9. The van der Waals surface area contributed by atoms with E-state index in [9.17, 15) is 9.50 Å². The molecule has 18 heavy (non-hydrogen) atoms. The van der Waals surface area contributed by atoms with E-state index in [1.54, 1.807) is 0 Å². The van der Waals surface area contributed by atoms with Gasteiger partial charge in [-0.25, -0.2) is 4.39 Å². The summed E-state index contributed by atoms with van der Waals surface area (Å²) in [5.41, 5.74) is 5.98. The van der Waals surface area contributed by atoms with Crippen LogP contribution in [0.3, 0.4) is 0 Å². The Labute approximate surface area is 114 Å². The molecule has 1 aliphatic rings. The number of methoxy groups -OCH3 is 1. The van der Waals surface area contributed by atoms with Gasteiger partial charge in [-0.15, -0.1) is 0 Å². The molecule has 0 saturated heterocycles. The summed E-state index contributed by atoms with van der Waals surface area (Å²) in [5, 5.41) is 9.99. The molecule has 0 amide bonds. The molecule has 1 aliphatic carbocycles. The number of benzene rings is 1. The molecule has 5 heteroatoms. The van der Waals surface area contributed by atoms with Gasteiger partial charge in [0.15, 0.2) is 11.5 Å². The van der Waals surface area contributed by atoms with Gasteiger partial charge in [0, 0.05) is 23.6 Å². The topological polar surface area (TPSA) is 55.5 Å². The van der Waals surface area contributed by atoms with Crippen molar-refractivity contribution in [1.29, 1.82) is 0 Å². The van der Waals surface area contributed by atoms with Crippen LogP contribution in [0.15, 0.2) is 10.5 Å². The fraction of sp³-hybridized carbons (Fsp3) is 0.538. The molecule has 0 heterocycles. The molecule has 1 aromatic rings. The second-order valence-electron chi connectivity index (χ2n) is 4.79. The van der Waals surface area contributed by atoms with Gasteiger partial charge in [0.1, 0.15) is 5.82 Å². The second kappa shape index (κ2) is 5.05. The quantitative estimate of drug-likeness (QED) is 0.900. The second-order valence-corrected chi connectivity index (χ2v) is 5.58. The largest absolute Gasteiger partial charge is 0.503 e. The molecule has 0 radical (unpaired) electrons. The molecule has 0 aromatic heterocycles. The van der Waals surface area contributed by atoms with E-state index in [1.165, 1.54) is 13.2 Å². The average molecular weight is 318 g/mol. The molecule has 0 atom stereocenters. The molecule has 0 aliphatic heterocycles. The summed E-state index contributed by atoms with van der Waals surface area (Å²) in [7, 11) is 1.40. The first kappa shape index (κ1) is 13.6. The lowest BCUT2D eigenvalue weighted by atomic mass is 9.78. The SMILES string of the molecule is COc1cc(F)c(C2(CN)CCCC2)c(Br)c1O. The predicted octanol–water partition coefficient (Wildman–Crippen LogP) is 3.07. The zero-order valence-electron chi connectivity index (χ0n) is 10.3. The van der Waals surface area contributed by atoms with Crippen LogP contribution in [0.4, 0.5) is 4.39 Å². The maximum absolute atomic E-state index is 14.3. The third-order valence-corrected chi connectivity index (χ3v) is 4.63. The van der Waals surface area contributed by atoms with Crippen LogP contribution >= 0.6 is 15.9 Å². The molecule has 100 valence electrons. The van der Waals surface area contributed by atoms with Gasteiger partial charge in [0.2, 0.25) is 0 Å². The van der Waals surface area contributed by atoms with Crippen molar-refractivity contribution in [3.05, 3.63) is 21.9 Å². The van der Waals surface area contributed by atoms with Crippen molar-refractivity contribution in [2.75, 3.05) is 13.7 Å². The highest BCUT2D eigenvalue weighted by molar-refractivity contribution is 9.10. The lowest BCUT2D eigenvalue weighted by Crippen LogP contribution is -2.33. The van der Waals surface area contributed by atoms with Crippen LogP contribution in [0, 0.1) is 5.82 Å². The van der Waals surface area contributed by atoms with Gasteiger partial charge >= 0.3 is 0 Å². The molecular weight excluding hydrogens is 301 g/mol. The minimum atomic E-state index is -0.371. The van der Waals surface area contributed by atoms with Crippen LogP contribution in [0.1, 0.15) is 31.2 Å². The molecule has 0 spiro atoms. The van der Waals surface area contributed by atoms with Gasteiger partial charge in [-0.05, 0) is 28.8 Å². The van der Waals surface area contributed by atoms with Gasteiger partial charge in [-0.2, -0.15) is 0 Å². The molecule has 1 aromatic carbocycles. The Balaban J connectivity index is 2.60. The van der Waals surface area contributed by atoms with Crippen molar-refractivity contribution < 1.29 is 14.2 Å². The van der Waals surface area contributed by atoms with Gasteiger partial charge in [0.25, 0.3) is 0 Å². The number of hydrogen-bond donors (Lipinski definition) is 2. The zero-order valence-corrected chi connectivity index (χ0v) is 11.9. The maximum atomic E-state index is 14.3.